The second-order valence-electron chi connectivity index (χ2n) is 6.43. The van der Waals surface area contributed by atoms with Crippen LogP contribution in [0.3, 0.4) is 0 Å². The van der Waals surface area contributed by atoms with Crippen LogP contribution in [-0.2, 0) is 6.54 Å². The Morgan fingerprint density at radius 1 is 0.793 bits per heavy atom. The first kappa shape index (κ1) is 19.4. The van der Waals surface area contributed by atoms with Crippen LogP contribution in [0.15, 0.2) is 71.3 Å². The van der Waals surface area contributed by atoms with Gasteiger partial charge in [-0.1, -0.05) is 30.3 Å². The number of imidazole rings is 1. The number of benzene rings is 3. The summed E-state index contributed by atoms with van der Waals surface area (Å²) in [5, 5.41) is 0. The van der Waals surface area contributed by atoms with Crippen LogP contribution in [0.2, 0.25) is 0 Å². The molecule has 4 rings (SSSR count). The van der Waals surface area contributed by atoms with Crippen LogP contribution < -0.4 is 0 Å². The highest BCUT2D eigenvalue weighted by Crippen LogP contribution is 2.35. The predicted molar refractivity (Wildman–Crippen MR) is 106 cm³/mol. The minimum Gasteiger partial charge on any atom is -0.318 e. The third-order valence-corrected chi connectivity index (χ3v) is 4.97. The predicted octanol–water partition coefficient (Wildman–Crippen LogP) is 6.58. The van der Waals surface area contributed by atoms with E-state index in [2.05, 4.69) is 20.9 Å². The van der Waals surface area contributed by atoms with E-state index in [0.29, 0.717) is 5.69 Å². The summed E-state index contributed by atoms with van der Waals surface area (Å²) in [4.78, 5) is 4.38. The van der Waals surface area contributed by atoms with Crippen LogP contribution in [0.25, 0.3) is 22.6 Å². The lowest BCUT2D eigenvalue weighted by Gasteiger charge is -2.14. The van der Waals surface area contributed by atoms with E-state index in [1.807, 2.05) is 30.3 Å². The van der Waals surface area contributed by atoms with Crippen molar-refractivity contribution in [3.8, 4) is 22.6 Å². The van der Waals surface area contributed by atoms with Crippen molar-refractivity contribution in [1.82, 2.24) is 9.55 Å². The Labute approximate surface area is 172 Å². The van der Waals surface area contributed by atoms with Gasteiger partial charge in [0.15, 0.2) is 0 Å². The van der Waals surface area contributed by atoms with Gasteiger partial charge >= 0.3 is 0 Å². The van der Waals surface area contributed by atoms with Crippen molar-refractivity contribution in [2.45, 2.75) is 6.54 Å². The van der Waals surface area contributed by atoms with Crippen LogP contribution in [0.5, 0.6) is 0 Å². The summed E-state index contributed by atoms with van der Waals surface area (Å²) in [5.74, 6) is -2.77. The lowest BCUT2D eigenvalue weighted by Crippen LogP contribution is -2.05. The third kappa shape index (κ3) is 3.96. The van der Waals surface area contributed by atoms with E-state index >= 15 is 0 Å². The summed E-state index contributed by atoms with van der Waals surface area (Å²) in [7, 11) is 0. The zero-order valence-electron chi connectivity index (χ0n) is 14.8. The van der Waals surface area contributed by atoms with E-state index < -0.39 is 23.3 Å². The zero-order chi connectivity index (χ0) is 20.5. The maximum absolute atomic E-state index is 14.5. The SMILES string of the molecule is Fc1cc(F)cc(-c2c(Br)nc(-c3ccc(F)cc3F)n2Cc2ccccc2)c1. The summed E-state index contributed by atoms with van der Waals surface area (Å²) in [6.45, 7) is 0.263. The molecule has 0 saturated carbocycles. The normalized spacial score (nSPS) is 11.1. The molecule has 0 fully saturated rings. The monoisotopic (exact) mass is 460 g/mol. The van der Waals surface area contributed by atoms with Gasteiger partial charge in [-0.2, -0.15) is 0 Å². The van der Waals surface area contributed by atoms with Gasteiger partial charge in [0.05, 0.1) is 11.3 Å². The fraction of sp³-hybridized carbons (Fsp3) is 0.0455. The van der Waals surface area contributed by atoms with Gasteiger partial charge in [0.1, 0.15) is 33.7 Å². The molecule has 7 heteroatoms. The average molecular weight is 461 g/mol. The summed E-state index contributed by atoms with van der Waals surface area (Å²) in [6, 6.07) is 15.6. The van der Waals surface area contributed by atoms with Crippen molar-refractivity contribution in [2.75, 3.05) is 0 Å². The Balaban J connectivity index is 1.96. The van der Waals surface area contributed by atoms with Gasteiger partial charge in [0.25, 0.3) is 0 Å². The van der Waals surface area contributed by atoms with E-state index in [4.69, 9.17) is 0 Å². The largest absolute Gasteiger partial charge is 0.318 e. The van der Waals surface area contributed by atoms with Crippen LogP contribution in [0.1, 0.15) is 5.56 Å². The molecule has 0 radical (unpaired) electrons. The topological polar surface area (TPSA) is 17.8 Å². The molecule has 4 aromatic rings. The standard InChI is InChI=1S/C22H13BrF4N2/c23-21-20(14-8-16(25)10-17(26)9-14)29(12-13-4-2-1-3-5-13)22(28-21)18-7-6-15(24)11-19(18)27/h1-11H,12H2. The number of hydrogen-bond acceptors (Lipinski definition) is 1. The second-order valence-corrected chi connectivity index (χ2v) is 7.18. The minimum absolute atomic E-state index is 0.0751. The second kappa shape index (κ2) is 7.83. The highest BCUT2D eigenvalue weighted by atomic mass is 79.9. The first-order chi connectivity index (χ1) is 13.9. The van der Waals surface area contributed by atoms with Crippen LogP contribution in [-0.4, -0.2) is 9.55 Å². The van der Waals surface area contributed by atoms with Crippen molar-refractivity contribution in [3.05, 3.63) is 100 Å². The number of rotatable bonds is 4. The van der Waals surface area contributed by atoms with Gasteiger partial charge in [-0.05, 0) is 45.8 Å². The number of aromatic nitrogens is 2. The molecule has 146 valence electrons. The molecule has 0 N–H and O–H groups in total. The Hall–Kier alpha value is -2.93. The highest BCUT2D eigenvalue weighted by Gasteiger charge is 2.22. The molecule has 3 aromatic carbocycles. The Morgan fingerprint density at radius 3 is 2.14 bits per heavy atom. The van der Waals surface area contributed by atoms with Gasteiger partial charge in [-0.25, -0.2) is 22.5 Å². The highest BCUT2D eigenvalue weighted by molar-refractivity contribution is 9.10. The molecule has 0 aliphatic heterocycles. The molecule has 0 unspecified atom stereocenters. The molecular formula is C22H13BrF4N2. The van der Waals surface area contributed by atoms with Gasteiger partial charge < -0.3 is 4.57 Å². The number of hydrogen-bond donors (Lipinski definition) is 0. The molecule has 29 heavy (non-hydrogen) atoms. The fourth-order valence-electron chi connectivity index (χ4n) is 3.19. The number of nitrogens with zero attached hydrogens (tertiary/aromatic N) is 2. The summed E-state index contributed by atoms with van der Waals surface area (Å²) >= 11 is 3.33. The van der Waals surface area contributed by atoms with Crippen molar-refractivity contribution < 1.29 is 17.6 Å². The summed E-state index contributed by atoms with van der Waals surface area (Å²) in [6.07, 6.45) is 0. The molecular weight excluding hydrogens is 448 g/mol. The van der Waals surface area contributed by atoms with E-state index in [0.717, 1.165) is 23.8 Å². The van der Waals surface area contributed by atoms with E-state index in [1.165, 1.54) is 18.2 Å². The Morgan fingerprint density at radius 2 is 1.48 bits per heavy atom. The Kier molecular flexibility index (Phi) is 5.24. The maximum atomic E-state index is 14.5. The smallest absolute Gasteiger partial charge is 0.145 e. The van der Waals surface area contributed by atoms with Crippen molar-refractivity contribution in [2.24, 2.45) is 0 Å². The first-order valence-corrected chi connectivity index (χ1v) is 9.43. The lowest BCUT2D eigenvalue weighted by atomic mass is 10.1. The van der Waals surface area contributed by atoms with Crippen LogP contribution in [0.4, 0.5) is 17.6 Å². The molecule has 0 saturated heterocycles. The molecule has 1 heterocycles. The molecule has 1 aromatic heterocycles. The van der Waals surface area contributed by atoms with E-state index in [9.17, 15) is 17.6 Å². The molecule has 0 spiro atoms. The summed E-state index contributed by atoms with van der Waals surface area (Å²) < 4.78 is 57.5. The molecule has 2 nitrogen and oxygen atoms in total. The van der Waals surface area contributed by atoms with Gasteiger partial charge in [-0.3, -0.25) is 0 Å². The first-order valence-electron chi connectivity index (χ1n) is 8.64. The molecule has 0 aliphatic rings. The van der Waals surface area contributed by atoms with E-state index in [1.54, 1.807) is 4.57 Å². The summed E-state index contributed by atoms with van der Waals surface area (Å²) in [5.41, 5.74) is 1.57. The maximum Gasteiger partial charge on any atom is 0.145 e. The lowest BCUT2D eigenvalue weighted by molar-refractivity contribution is 0.582. The molecule has 0 aliphatic carbocycles. The molecule has 0 amide bonds. The van der Waals surface area contributed by atoms with E-state index in [-0.39, 0.29) is 28.1 Å². The Bertz CT molecular complexity index is 1170. The molecule has 0 atom stereocenters. The van der Waals surface area contributed by atoms with Gasteiger partial charge in [0, 0.05) is 24.2 Å². The quantitative estimate of drug-likeness (QED) is 0.314. The van der Waals surface area contributed by atoms with Crippen molar-refractivity contribution in [1.29, 1.82) is 0 Å². The van der Waals surface area contributed by atoms with Crippen molar-refractivity contribution in [3.63, 3.8) is 0 Å². The van der Waals surface area contributed by atoms with Crippen molar-refractivity contribution >= 4 is 15.9 Å². The van der Waals surface area contributed by atoms with Gasteiger partial charge in [0.2, 0.25) is 0 Å². The van der Waals surface area contributed by atoms with Crippen LogP contribution in [0, 0.1) is 23.3 Å². The van der Waals surface area contributed by atoms with Gasteiger partial charge in [-0.15, -0.1) is 0 Å². The third-order valence-electron chi connectivity index (χ3n) is 4.42. The zero-order valence-corrected chi connectivity index (χ0v) is 16.4. The fourth-order valence-corrected chi connectivity index (χ4v) is 3.80. The number of halogens is 5. The average Bonchev–Trinajstić information content (AvgIpc) is 2.97. The minimum atomic E-state index is -0.784. The van der Waals surface area contributed by atoms with Crippen LogP contribution >= 0.6 is 15.9 Å². The molecule has 0 bridgehead atoms.